The van der Waals surface area contributed by atoms with Gasteiger partial charge in [-0.2, -0.15) is 0 Å². The Labute approximate surface area is 140 Å². The second-order valence-corrected chi connectivity index (χ2v) is 6.21. The maximum Gasteiger partial charge on any atom is 0.335 e. The Morgan fingerprint density at radius 2 is 2.00 bits per heavy atom. The average molecular weight is 328 g/mol. The molecule has 1 aliphatic heterocycles. The van der Waals surface area contributed by atoms with Gasteiger partial charge in [0.2, 0.25) is 5.91 Å². The van der Waals surface area contributed by atoms with Crippen LogP contribution in [0, 0.1) is 5.92 Å². The van der Waals surface area contributed by atoms with Crippen LogP contribution in [-0.2, 0) is 9.59 Å². The van der Waals surface area contributed by atoms with E-state index in [4.69, 9.17) is 5.11 Å². The van der Waals surface area contributed by atoms with Gasteiger partial charge in [-0.15, -0.1) is 0 Å². The number of fused-ring (bicyclic) bond motifs is 1. The summed E-state index contributed by atoms with van der Waals surface area (Å²) in [7, 11) is 0. The van der Waals surface area contributed by atoms with E-state index in [1.165, 1.54) is 12.1 Å². The van der Waals surface area contributed by atoms with Crippen molar-refractivity contribution >= 4 is 23.3 Å². The Bertz CT molecular complexity index is 681. The Balaban J connectivity index is 1.50. The van der Waals surface area contributed by atoms with Gasteiger partial charge in [0.15, 0.2) is 0 Å². The molecule has 0 radical (unpaired) electrons. The van der Waals surface area contributed by atoms with Crippen LogP contribution in [0.2, 0.25) is 0 Å². The Morgan fingerprint density at radius 1 is 1.25 bits per heavy atom. The van der Waals surface area contributed by atoms with Crippen LogP contribution >= 0.6 is 0 Å². The first-order valence-corrected chi connectivity index (χ1v) is 8.14. The molecule has 0 saturated heterocycles. The molecule has 126 valence electrons. The van der Waals surface area contributed by atoms with Crippen molar-refractivity contribution in [2.45, 2.75) is 31.7 Å². The first-order valence-electron chi connectivity index (χ1n) is 8.14. The molecule has 1 saturated carbocycles. The molecule has 1 aromatic carbocycles. The molecule has 2 unspecified atom stereocenters. The molecule has 6 nitrogen and oxygen atoms in total. The lowest BCUT2D eigenvalue weighted by atomic mass is 9.84. The van der Waals surface area contributed by atoms with Crippen molar-refractivity contribution in [2.24, 2.45) is 5.92 Å². The van der Waals surface area contributed by atoms with Crippen LogP contribution in [-0.4, -0.2) is 40.3 Å². The van der Waals surface area contributed by atoms with Crippen LogP contribution in [0.15, 0.2) is 36.5 Å². The molecule has 1 aromatic rings. The second kappa shape index (κ2) is 6.86. The Hall–Kier alpha value is -2.63. The molecule has 2 N–H and O–H groups in total. The average Bonchev–Trinajstić information content (AvgIpc) is 2.98. The first-order chi connectivity index (χ1) is 11.5. The van der Waals surface area contributed by atoms with Crippen molar-refractivity contribution in [3.63, 3.8) is 0 Å². The number of benzene rings is 1. The molecule has 2 atom stereocenters. The monoisotopic (exact) mass is 328 g/mol. The summed E-state index contributed by atoms with van der Waals surface area (Å²) < 4.78 is 0. The predicted octanol–water partition coefficient (Wildman–Crippen LogP) is 2.28. The minimum Gasteiger partial charge on any atom is -0.478 e. The SMILES string of the molecule is O=C(CCN1C=CC2C(=O)CCCC21)Nc1ccc(C(=O)O)cc1. The van der Waals surface area contributed by atoms with E-state index in [1.807, 2.05) is 12.3 Å². The van der Waals surface area contributed by atoms with Gasteiger partial charge in [0.1, 0.15) is 5.78 Å². The second-order valence-electron chi connectivity index (χ2n) is 6.21. The van der Waals surface area contributed by atoms with Gasteiger partial charge in [-0.1, -0.05) is 6.08 Å². The summed E-state index contributed by atoms with van der Waals surface area (Å²) in [6.07, 6.45) is 6.78. The fourth-order valence-electron chi connectivity index (χ4n) is 3.36. The van der Waals surface area contributed by atoms with E-state index in [2.05, 4.69) is 10.2 Å². The Kier molecular flexibility index (Phi) is 4.64. The zero-order valence-electron chi connectivity index (χ0n) is 13.3. The summed E-state index contributed by atoms with van der Waals surface area (Å²) in [5.74, 6) is -0.833. The highest BCUT2D eigenvalue weighted by Gasteiger charge is 2.36. The minimum absolute atomic E-state index is 0.00891. The number of nitrogens with zero attached hydrogens (tertiary/aromatic N) is 1. The number of anilines is 1. The van der Waals surface area contributed by atoms with Crippen molar-refractivity contribution in [1.29, 1.82) is 0 Å². The number of ketones is 1. The lowest BCUT2D eigenvalue weighted by molar-refractivity contribution is -0.124. The maximum absolute atomic E-state index is 12.1. The highest BCUT2D eigenvalue weighted by atomic mass is 16.4. The minimum atomic E-state index is -0.995. The third-order valence-corrected chi connectivity index (χ3v) is 4.63. The van der Waals surface area contributed by atoms with E-state index in [-0.39, 0.29) is 23.4 Å². The van der Waals surface area contributed by atoms with Crippen LogP contribution in [0.4, 0.5) is 5.69 Å². The quantitative estimate of drug-likeness (QED) is 0.866. The number of nitrogens with one attached hydrogen (secondary N) is 1. The van der Waals surface area contributed by atoms with E-state index in [1.54, 1.807) is 12.1 Å². The number of carboxylic acids is 1. The third kappa shape index (κ3) is 3.48. The van der Waals surface area contributed by atoms with E-state index in [0.717, 1.165) is 12.8 Å². The first kappa shape index (κ1) is 16.2. The van der Waals surface area contributed by atoms with Gasteiger partial charge in [-0.3, -0.25) is 9.59 Å². The molecule has 0 aromatic heterocycles. The van der Waals surface area contributed by atoms with E-state index in [9.17, 15) is 14.4 Å². The highest BCUT2D eigenvalue weighted by Crippen LogP contribution is 2.31. The van der Waals surface area contributed by atoms with Gasteiger partial charge < -0.3 is 15.3 Å². The number of Topliss-reactive ketones (excluding diaryl/α,β-unsaturated/α-hetero) is 1. The number of carbonyl (C=O) groups excluding carboxylic acids is 2. The molecule has 1 heterocycles. The highest BCUT2D eigenvalue weighted by molar-refractivity contribution is 5.92. The van der Waals surface area contributed by atoms with Gasteiger partial charge >= 0.3 is 5.97 Å². The van der Waals surface area contributed by atoms with Crippen LogP contribution in [0.5, 0.6) is 0 Å². The molecule has 2 aliphatic rings. The Morgan fingerprint density at radius 3 is 2.71 bits per heavy atom. The number of aromatic carboxylic acids is 1. The number of hydrogen-bond donors (Lipinski definition) is 2. The van der Waals surface area contributed by atoms with Crippen LogP contribution in [0.1, 0.15) is 36.0 Å². The normalized spacial score (nSPS) is 22.3. The van der Waals surface area contributed by atoms with Crippen LogP contribution in [0.25, 0.3) is 0 Å². The summed E-state index contributed by atoms with van der Waals surface area (Å²) in [6, 6.07) is 6.27. The van der Waals surface area contributed by atoms with Crippen molar-refractivity contribution < 1.29 is 19.5 Å². The number of hydrogen-bond acceptors (Lipinski definition) is 4. The van der Waals surface area contributed by atoms with Gasteiger partial charge in [0.25, 0.3) is 0 Å². The molecule has 0 spiro atoms. The summed E-state index contributed by atoms with van der Waals surface area (Å²) in [6.45, 7) is 0.573. The van der Waals surface area contributed by atoms with Crippen molar-refractivity contribution in [3.05, 3.63) is 42.1 Å². The fraction of sp³-hybridized carbons (Fsp3) is 0.389. The summed E-state index contributed by atoms with van der Waals surface area (Å²) in [5.41, 5.74) is 0.760. The fourth-order valence-corrected chi connectivity index (χ4v) is 3.36. The van der Waals surface area contributed by atoms with Crippen LogP contribution in [0.3, 0.4) is 0 Å². The number of carboxylic acid groups (broad SMARTS) is 1. The molecule has 1 fully saturated rings. The number of amides is 1. The molecule has 1 amide bonds. The van der Waals surface area contributed by atoms with Gasteiger partial charge in [0.05, 0.1) is 11.5 Å². The molecule has 1 aliphatic carbocycles. The standard InChI is InChI=1S/C18H20N2O4/c21-16-3-1-2-15-14(16)8-10-20(15)11-9-17(22)19-13-6-4-12(5-7-13)18(23)24/h4-8,10,14-15H,1-3,9,11H2,(H,19,22)(H,23,24). The topological polar surface area (TPSA) is 86.7 Å². The number of carbonyl (C=O) groups is 3. The molecule has 3 rings (SSSR count). The largest absolute Gasteiger partial charge is 0.478 e. The third-order valence-electron chi connectivity index (χ3n) is 4.63. The van der Waals surface area contributed by atoms with E-state index >= 15 is 0 Å². The van der Waals surface area contributed by atoms with Crippen LogP contribution < -0.4 is 5.32 Å². The summed E-state index contributed by atoms with van der Waals surface area (Å²) in [5, 5.41) is 11.6. The van der Waals surface area contributed by atoms with Crippen molar-refractivity contribution in [1.82, 2.24) is 4.90 Å². The van der Waals surface area contributed by atoms with E-state index in [0.29, 0.717) is 30.9 Å². The molecule has 0 bridgehead atoms. The molecular formula is C18H20N2O4. The number of rotatable bonds is 5. The lowest BCUT2D eigenvalue weighted by Crippen LogP contribution is -2.39. The molecular weight excluding hydrogens is 308 g/mol. The predicted molar refractivity (Wildman–Crippen MR) is 88.6 cm³/mol. The van der Waals surface area contributed by atoms with Gasteiger partial charge in [0, 0.05) is 31.1 Å². The van der Waals surface area contributed by atoms with Gasteiger partial charge in [-0.25, -0.2) is 4.79 Å². The zero-order valence-corrected chi connectivity index (χ0v) is 13.3. The zero-order chi connectivity index (χ0) is 17.1. The van der Waals surface area contributed by atoms with E-state index < -0.39 is 5.97 Å². The lowest BCUT2D eigenvalue weighted by Gasteiger charge is -2.32. The summed E-state index contributed by atoms with van der Waals surface area (Å²) >= 11 is 0. The molecule has 6 heteroatoms. The maximum atomic E-state index is 12.1. The van der Waals surface area contributed by atoms with Gasteiger partial charge in [-0.05, 0) is 43.3 Å². The van der Waals surface area contributed by atoms with Crippen molar-refractivity contribution in [3.8, 4) is 0 Å². The molecule has 24 heavy (non-hydrogen) atoms. The van der Waals surface area contributed by atoms with Crippen molar-refractivity contribution in [2.75, 3.05) is 11.9 Å². The summed E-state index contributed by atoms with van der Waals surface area (Å²) in [4.78, 5) is 36.8. The smallest absolute Gasteiger partial charge is 0.335 e.